The van der Waals surface area contributed by atoms with Gasteiger partial charge in [0.15, 0.2) is 0 Å². The average Bonchev–Trinajstić information content (AvgIpc) is 2.72. The van der Waals surface area contributed by atoms with Gasteiger partial charge in [0.05, 0.1) is 11.7 Å². The van der Waals surface area contributed by atoms with Crippen LogP contribution in [0.1, 0.15) is 5.56 Å². The van der Waals surface area contributed by atoms with E-state index in [1.54, 1.807) is 17.0 Å². The first-order valence-electron chi connectivity index (χ1n) is 9.72. The summed E-state index contributed by atoms with van der Waals surface area (Å²) in [6.07, 6.45) is 2.81. The molecule has 30 heavy (non-hydrogen) atoms. The van der Waals surface area contributed by atoms with E-state index in [0.717, 1.165) is 27.5 Å². The number of hydrogen-bond donors (Lipinski definition) is 4. The van der Waals surface area contributed by atoms with Crippen molar-refractivity contribution in [2.45, 2.75) is 6.04 Å². The summed E-state index contributed by atoms with van der Waals surface area (Å²) in [5.74, 6) is 0.103. The van der Waals surface area contributed by atoms with E-state index in [0.29, 0.717) is 24.5 Å². The summed E-state index contributed by atoms with van der Waals surface area (Å²) in [6, 6.07) is 17.2. The van der Waals surface area contributed by atoms with E-state index in [4.69, 9.17) is 11.5 Å². The highest BCUT2D eigenvalue weighted by atomic mass is 16.3. The topological polar surface area (TPSA) is 105 Å². The second-order valence-electron chi connectivity index (χ2n) is 7.35. The van der Waals surface area contributed by atoms with Gasteiger partial charge in [0.1, 0.15) is 5.75 Å². The zero-order chi connectivity index (χ0) is 21.3. The van der Waals surface area contributed by atoms with Crippen molar-refractivity contribution in [1.82, 2.24) is 10.2 Å². The number of nitrogens with zero attached hydrogens (tertiary/aromatic N) is 1. The summed E-state index contributed by atoms with van der Waals surface area (Å²) in [7, 11) is 0. The number of rotatable bonds is 5. The minimum Gasteiger partial charge on any atom is -0.508 e. The summed E-state index contributed by atoms with van der Waals surface area (Å²) in [5, 5.41) is 15.5. The molecule has 1 amide bonds. The van der Waals surface area contributed by atoms with Gasteiger partial charge < -0.3 is 26.8 Å². The van der Waals surface area contributed by atoms with Crippen LogP contribution in [-0.4, -0.2) is 35.0 Å². The Morgan fingerprint density at radius 2 is 1.90 bits per heavy atom. The number of nitrogen functional groups attached to an aromatic ring is 1. The maximum atomic E-state index is 11.7. The molecule has 1 aliphatic heterocycles. The minimum atomic E-state index is -0.0800. The van der Waals surface area contributed by atoms with Crippen LogP contribution in [0.3, 0.4) is 0 Å². The van der Waals surface area contributed by atoms with E-state index in [9.17, 15) is 9.90 Å². The monoisotopic (exact) mass is 400 g/mol. The number of nitrogens with one attached hydrogen (secondary N) is 1. The molecule has 6 N–H and O–H groups in total. The molecule has 0 saturated carbocycles. The van der Waals surface area contributed by atoms with E-state index in [1.807, 2.05) is 42.5 Å². The van der Waals surface area contributed by atoms with Gasteiger partial charge in [-0.15, -0.1) is 0 Å². The first-order valence-corrected chi connectivity index (χ1v) is 9.72. The molecule has 1 saturated heterocycles. The van der Waals surface area contributed by atoms with E-state index in [-0.39, 0.29) is 17.7 Å². The van der Waals surface area contributed by atoms with Crippen molar-refractivity contribution < 1.29 is 9.90 Å². The fourth-order valence-electron chi connectivity index (χ4n) is 3.87. The standard InChI is InChI=1S/C24H24N4O2/c1-2-23(30)28-13-16(14-28)27-22(12-25)20-9-5-8-19(24(20)26)21-11-17(29)10-15-6-3-4-7-18(15)21/h2-12,16,27,29H,1,13-14,25-26H2/b22-12+. The van der Waals surface area contributed by atoms with Gasteiger partial charge in [-0.3, -0.25) is 4.79 Å². The van der Waals surface area contributed by atoms with Gasteiger partial charge in [-0.05, 0) is 34.5 Å². The maximum Gasteiger partial charge on any atom is 0.246 e. The number of phenolic OH excluding ortho intramolecular Hbond substituents is 1. The first kappa shape index (κ1) is 19.4. The number of phenols is 1. The molecule has 0 bridgehead atoms. The zero-order valence-corrected chi connectivity index (χ0v) is 16.5. The van der Waals surface area contributed by atoms with Crippen LogP contribution in [0.15, 0.2) is 73.5 Å². The quantitative estimate of drug-likeness (QED) is 0.389. The Balaban J connectivity index is 1.67. The predicted octanol–water partition coefficient (Wildman–Crippen LogP) is 3.04. The van der Waals surface area contributed by atoms with E-state index in [2.05, 4.69) is 11.9 Å². The van der Waals surface area contributed by atoms with Crippen LogP contribution >= 0.6 is 0 Å². The highest BCUT2D eigenvalue weighted by Crippen LogP contribution is 2.38. The molecule has 0 spiro atoms. The number of hydrogen-bond acceptors (Lipinski definition) is 5. The summed E-state index contributed by atoms with van der Waals surface area (Å²) in [4.78, 5) is 13.4. The SMILES string of the molecule is C=CC(=O)N1CC(N/C(=C/N)c2cccc(-c3cc(O)cc4ccccc34)c2N)C1. The normalized spacial score (nSPS) is 14.4. The summed E-state index contributed by atoms with van der Waals surface area (Å²) in [6.45, 7) is 4.68. The van der Waals surface area contributed by atoms with E-state index in [1.165, 1.54) is 12.3 Å². The highest BCUT2D eigenvalue weighted by molar-refractivity contribution is 6.01. The molecule has 0 atom stereocenters. The molecule has 3 aromatic carbocycles. The van der Waals surface area contributed by atoms with Crippen LogP contribution in [0.2, 0.25) is 0 Å². The lowest BCUT2D eigenvalue weighted by atomic mass is 9.94. The van der Waals surface area contributed by atoms with Gasteiger partial charge >= 0.3 is 0 Å². The first-order chi connectivity index (χ1) is 14.5. The molecule has 6 nitrogen and oxygen atoms in total. The molecule has 6 heteroatoms. The lowest BCUT2D eigenvalue weighted by molar-refractivity contribution is -0.130. The second kappa shape index (κ2) is 7.83. The fourth-order valence-corrected chi connectivity index (χ4v) is 3.87. The van der Waals surface area contributed by atoms with Crippen molar-refractivity contribution in [2.75, 3.05) is 18.8 Å². The summed E-state index contributed by atoms with van der Waals surface area (Å²) >= 11 is 0. The number of likely N-dealkylation sites (tertiary alicyclic amines) is 1. The lowest BCUT2D eigenvalue weighted by Gasteiger charge is -2.40. The van der Waals surface area contributed by atoms with E-state index < -0.39 is 0 Å². The van der Waals surface area contributed by atoms with Crippen molar-refractivity contribution in [1.29, 1.82) is 0 Å². The minimum absolute atomic E-state index is 0.0800. The molecular weight excluding hydrogens is 376 g/mol. The Kier molecular flexibility index (Phi) is 5.06. The van der Waals surface area contributed by atoms with Crippen LogP contribution in [0, 0.1) is 0 Å². The lowest BCUT2D eigenvalue weighted by Crippen LogP contribution is -2.59. The number of amides is 1. The summed E-state index contributed by atoms with van der Waals surface area (Å²) < 4.78 is 0. The molecule has 0 aliphatic carbocycles. The third-order valence-corrected chi connectivity index (χ3v) is 5.43. The van der Waals surface area contributed by atoms with Gasteiger partial charge in [-0.2, -0.15) is 0 Å². The number of nitrogens with two attached hydrogens (primary N) is 2. The van der Waals surface area contributed by atoms with Crippen molar-refractivity contribution >= 4 is 28.1 Å². The van der Waals surface area contributed by atoms with Crippen molar-refractivity contribution in [3.8, 4) is 16.9 Å². The van der Waals surface area contributed by atoms with Crippen LogP contribution in [0.4, 0.5) is 5.69 Å². The van der Waals surface area contributed by atoms with Crippen LogP contribution in [-0.2, 0) is 4.79 Å². The van der Waals surface area contributed by atoms with E-state index >= 15 is 0 Å². The molecule has 152 valence electrons. The number of aromatic hydroxyl groups is 1. The van der Waals surface area contributed by atoms with Gasteiger partial charge in [-0.25, -0.2) is 0 Å². The molecule has 0 aromatic heterocycles. The number of fused-ring (bicyclic) bond motifs is 1. The molecular formula is C24H24N4O2. The Morgan fingerprint density at radius 3 is 2.63 bits per heavy atom. The smallest absolute Gasteiger partial charge is 0.246 e. The second-order valence-corrected chi connectivity index (χ2v) is 7.35. The summed E-state index contributed by atoms with van der Waals surface area (Å²) in [5.41, 5.74) is 16.2. The largest absolute Gasteiger partial charge is 0.508 e. The molecule has 0 radical (unpaired) electrons. The molecule has 1 fully saturated rings. The Labute approximate surface area is 175 Å². The molecule has 4 rings (SSSR count). The number of anilines is 1. The zero-order valence-electron chi connectivity index (χ0n) is 16.5. The fraction of sp³-hybridized carbons (Fsp3) is 0.125. The van der Waals surface area contributed by atoms with Gasteiger partial charge in [0.2, 0.25) is 5.91 Å². The van der Waals surface area contributed by atoms with Crippen molar-refractivity contribution in [3.05, 3.63) is 79.0 Å². The molecule has 1 heterocycles. The van der Waals surface area contributed by atoms with Crippen molar-refractivity contribution in [3.63, 3.8) is 0 Å². The number of carbonyl (C=O) groups excluding carboxylic acids is 1. The molecule has 1 aliphatic rings. The van der Waals surface area contributed by atoms with Crippen LogP contribution in [0.5, 0.6) is 5.75 Å². The van der Waals surface area contributed by atoms with Gasteiger partial charge in [0, 0.05) is 36.1 Å². The number of para-hydroxylation sites is 1. The maximum absolute atomic E-state index is 11.7. The third kappa shape index (κ3) is 3.43. The number of carbonyl (C=O) groups is 1. The molecule has 0 unspecified atom stereocenters. The van der Waals surface area contributed by atoms with Gasteiger partial charge in [-0.1, -0.05) is 49.0 Å². The van der Waals surface area contributed by atoms with Crippen molar-refractivity contribution in [2.24, 2.45) is 5.73 Å². The Morgan fingerprint density at radius 1 is 1.13 bits per heavy atom. The average molecular weight is 400 g/mol. The Bertz CT molecular complexity index is 1160. The molecule has 3 aromatic rings. The highest BCUT2D eigenvalue weighted by Gasteiger charge is 2.30. The van der Waals surface area contributed by atoms with Crippen LogP contribution < -0.4 is 16.8 Å². The third-order valence-electron chi connectivity index (χ3n) is 5.43. The van der Waals surface area contributed by atoms with Gasteiger partial charge in [0.25, 0.3) is 0 Å². The number of benzene rings is 3. The Hall–Kier alpha value is -3.93. The van der Waals surface area contributed by atoms with Crippen LogP contribution in [0.25, 0.3) is 27.6 Å². The predicted molar refractivity (Wildman–Crippen MR) is 121 cm³/mol.